The highest BCUT2D eigenvalue weighted by Crippen LogP contribution is 2.11. The van der Waals surface area contributed by atoms with Gasteiger partial charge in [0.15, 0.2) is 5.96 Å². The van der Waals surface area contributed by atoms with Crippen LogP contribution in [0.5, 0.6) is 0 Å². The van der Waals surface area contributed by atoms with E-state index in [2.05, 4.69) is 25.8 Å². The van der Waals surface area contributed by atoms with Gasteiger partial charge in [0.05, 0.1) is 12.2 Å². The third kappa shape index (κ3) is 7.50. The number of aliphatic imine (C=N–C) groups is 1. The molecule has 0 saturated carbocycles. The van der Waals surface area contributed by atoms with Crippen molar-refractivity contribution in [1.82, 2.24) is 25.7 Å². The van der Waals surface area contributed by atoms with Gasteiger partial charge in [-0.05, 0) is 32.3 Å². The van der Waals surface area contributed by atoms with E-state index >= 15 is 0 Å². The number of rotatable bonds is 7. The number of guanidine groups is 1. The van der Waals surface area contributed by atoms with E-state index < -0.39 is 0 Å². The molecule has 24 heavy (non-hydrogen) atoms. The van der Waals surface area contributed by atoms with Crippen molar-refractivity contribution in [1.29, 1.82) is 0 Å². The van der Waals surface area contributed by atoms with Crippen LogP contribution in [0.4, 0.5) is 0 Å². The molecule has 8 heteroatoms. The molecule has 0 unspecified atom stereocenters. The Morgan fingerprint density at radius 2 is 2.25 bits per heavy atom. The number of aromatic nitrogens is 2. The van der Waals surface area contributed by atoms with E-state index in [0.29, 0.717) is 18.9 Å². The van der Waals surface area contributed by atoms with Gasteiger partial charge >= 0.3 is 0 Å². The van der Waals surface area contributed by atoms with Crippen molar-refractivity contribution >= 4 is 35.8 Å². The number of carbonyl (C=O) groups excluding carboxylic acids is 1. The quantitative estimate of drug-likeness (QED) is 0.257. The highest BCUT2D eigenvalue weighted by Gasteiger charge is 2.15. The molecule has 7 nitrogen and oxygen atoms in total. The molecule has 1 saturated heterocycles. The van der Waals surface area contributed by atoms with Crippen molar-refractivity contribution < 1.29 is 4.79 Å². The van der Waals surface area contributed by atoms with Crippen LogP contribution in [-0.2, 0) is 11.3 Å². The maximum absolute atomic E-state index is 11.9. The van der Waals surface area contributed by atoms with Crippen molar-refractivity contribution in [2.75, 3.05) is 26.2 Å². The minimum Gasteiger partial charge on any atom is -0.357 e. The fraction of sp³-hybridized carbons (Fsp3) is 0.688. The summed E-state index contributed by atoms with van der Waals surface area (Å²) in [6.07, 6.45) is 6.71. The topological polar surface area (TPSA) is 85.4 Å². The molecule has 3 N–H and O–H groups in total. The molecule has 0 radical (unpaired) electrons. The zero-order valence-electron chi connectivity index (χ0n) is 14.4. The molecule has 136 valence electrons. The van der Waals surface area contributed by atoms with Gasteiger partial charge in [-0.15, -0.1) is 24.0 Å². The maximum Gasteiger partial charge on any atom is 0.222 e. The van der Waals surface area contributed by atoms with Crippen LogP contribution in [-0.4, -0.2) is 53.1 Å². The zero-order chi connectivity index (χ0) is 16.3. The monoisotopic (exact) mass is 448 g/mol. The second-order valence-electron chi connectivity index (χ2n) is 5.75. The van der Waals surface area contributed by atoms with Crippen LogP contribution in [0.2, 0.25) is 0 Å². The van der Waals surface area contributed by atoms with Crippen LogP contribution in [0.3, 0.4) is 0 Å². The molecule has 0 bridgehead atoms. The third-order valence-electron chi connectivity index (χ3n) is 3.88. The molecule has 0 aliphatic carbocycles. The van der Waals surface area contributed by atoms with E-state index in [4.69, 9.17) is 0 Å². The molecule has 0 spiro atoms. The molecule has 1 aromatic rings. The van der Waals surface area contributed by atoms with Gasteiger partial charge in [0.25, 0.3) is 0 Å². The lowest BCUT2D eigenvalue weighted by atomic mass is 10.2. The summed E-state index contributed by atoms with van der Waals surface area (Å²) in [4.78, 5) is 18.5. The Balaban J connectivity index is 0.00000288. The number of hydrogen-bond acceptors (Lipinski definition) is 3. The second-order valence-corrected chi connectivity index (χ2v) is 5.75. The Morgan fingerprint density at radius 3 is 3.00 bits per heavy atom. The summed E-state index contributed by atoms with van der Waals surface area (Å²) in [7, 11) is 0. The van der Waals surface area contributed by atoms with Crippen LogP contribution in [0.1, 0.15) is 44.7 Å². The van der Waals surface area contributed by atoms with Crippen molar-refractivity contribution in [2.24, 2.45) is 4.99 Å². The number of aromatic amines is 1. The first-order valence-corrected chi connectivity index (χ1v) is 8.58. The van der Waals surface area contributed by atoms with Crippen molar-refractivity contribution in [3.05, 3.63) is 18.0 Å². The number of halogens is 1. The number of nitrogens with zero attached hydrogens (tertiary/aromatic N) is 3. The summed E-state index contributed by atoms with van der Waals surface area (Å²) >= 11 is 0. The highest BCUT2D eigenvalue weighted by molar-refractivity contribution is 14.0. The van der Waals surface area contributed by atoms with Crippen LogP contribution in [0, 0.1) is 0 Å². The Hall–Kier alpha value is -1.32. The molecule has 1 aromatic heterocycles. The lowest BCUT2D eigenvalue weighted by molar-refractivity contribution is -0.130. The zero-order valence-corrected chi connectivity index (χ0v) is 16.7. The summed E-state index contributed by atoms with van der Waals surface area (Å²) in [6.45, 7) is 5.97. The standard InChI is InChI=1S/C16H28N6O.HI/c1-2-17-16(19-13-14-8-10-20-21-14)18-9-6-12-22-11-5-3-4-7-15(22)23;/h8,10H,2-7,9,11-13H2,1H3,(H,20,21)(H2,17,18,19);1H. The van der Waals surface area contributed by atoms with Crippen LogP contribution in [0.15, 0.2) is 17.3 Å². The molecule has 0 atom stereocenters. The van der Waals surface area contributed by atoms with Crippen molar-refractivity contribution in [2.45, 2.75) is 45.6 Å². The lowest BCUT2D eigenvalue weighted by Gasteiger charge is -2.20. The summed E-state index contributed by atoms with van der Waals surface area (Å²) in [5.41, 5.74) is 0.984. The summed E-state index contributed by atoms with van der Waals surface area (Å²) in [5, 5.41) is 13.4. The number of nitrogens with one attached hydrogen (secondary N) is 3. The van der Waals surface area contributed by atoms with Gasteiger partial charge in [-0.2, -0.15) is 5.10 Å². The Labute approximate surface area is 161 Å². The average Bonchev–Trinajstić information content (AvgIpc) is 2.99. The smallest absolute Gasteiger partial charge is 0.222 e. The van der Waals surface area contributed by atoms with Crippen LogP contribution >= 0.6 is 24.0 Å². The molecule has 1 aliphatic rings. The van der Waals surface area contributed by atoms with Gasteiger partial charge < -0.3 is 15.5 Å². The third-order valence-corrected chi connectivity index (χ3v) is 3.88. The predicted molar refractivity (Wildman–Crippen MR) is 106 cm³/mol. The van der Waals surface area contributed by atoms with Gasteiger partial charge in [-0.25, -0.2) is 4.99 Å². The summed E-state index contributed by atoms with van der Waals surface area (Å²) < 4.78 is 0. The fourth-order valence-electron chi connectivity index (χ4n) is 2.63. The number of carbonyl (C=O) groups is 1. The molecular formula is C16H29IN6O. The van der Waals surface area contributed by atoms with E-state index in [1.807, 2.05) is 17.9 Å². The summed E-state index contributed by atoms with van der Waals surface area (Å²) in [5.74, 6) is 1.10. The van der Waals surface area contributed by atoms with E-state index in [-0.39, 0.29) is 24.0 Å². The Morgan fingerprint density at radius 1 is 1.38 bits per heavy atom. The maximum atomic E-state index is 11.9. The average molecular weight is 448 g/mol. The molecule has 2 heterocycles. The molecule has 0 aromatic carbocycles. The molecule has 2 rings (SSSR count). The number of H-pyrrole nitrogens is 1. The number of amides is 1. The van der Waals surface area contributed by atoms with E-state index in [1.54, 1.807) is 6.20 Å². The predicted octanol–water partition coefficient (Wildman–Crippen LogP) is 1.88. The second kappa shape index (κ2) is 12.1. The Bertz CT molecular complexity index is 491. The minimum absolute atomic E-state index is 0. The van der Waals surface area contributed by atoms with Crippen LogP contribution < -0.4 is 10.6 Å². The van der Waals surface area contributed by atoms with Crippen LogP contribution in [0.25, 0.3) is 0 Å². The number of hydrogen-bond donors (Lipinski definition) is 3. The fourth-order valence-corrected chi connectivity index (χ4v) is 2.63. The van der Waals surface area contributed by atoms with E-state index in [1.165, 1.54) is 6.42 Å². The van der Waals surface area contributed by atoms with E-state index in [0.717, 1.165) is 57.1 Å². The molecule has 1 fully saturated rings. The first kappa shape index (κ1) is 20.7. The van der Waals surface area contributed by atoms with Gasteiger partial charge in [0.1, 0.15) is 0 Å². The van der Waals surface area contributed by atoms with Gasteiger partial charge in [0, 0.05) is 38.8 Å². The Kier molecular flexibility index (Phi) is 10.4. The normalized spacial score (nSPS) is 15.6. The first-order valence-electron chi connectivity index (χ1n) is 8.58. The lowest BCUT2D eigenvalue weighted by Crippen LogP contribution is -2.39. The molecule has 1 amide bonds. The highest BCUT2D eigenvalue weighted by atomic mass is 127. The molecular weight excluding hydrogens is 419 g/mol. The van der Waals surface area contributed by atoms with Gasteiger partial charge in [0.2, 0.25) is 5.91 Å². The van der Waals surface area contributed by atoms with Gasteiger partial charge in [-0.1, -0.05) is 6.42 Å². The first-order chi connectivity index (χ1) is 11.3. The minimum atomic E-state index is 0. The SMILES string of the molecule is CCNC(=NCc1ccn[nH]1)NCCCN1CCCCCC1=O.I. The van der Waals surface area contributed by atoms with Gasteiger partial charge in [-0.3, -0.25) is 9.89 Å². The van der Waals surface area contributed by atoms with Crippen molar-refractivity contribution in [3.63, 3.8) is 0 Å². The number of likely N-dealkylation sites (tertiary alicyclic amines) is 1. The largest absolute Gasteiger partial charge is 0.357 e. The van der Waals surface area contributed by atoms with Crippen molar-refractivity contribution in [3.8, 4) is 0 Å². The van der Waals surface area contributed by atoms with E-state index in [9.17, 15) is 4.79 Å². The molecule has 1 aliphatic heterocycles. The summed E-state index contributed by atoms with van der Waals surface area (Å²) in [6, 6.07) is 1.91.